The minimum atomic E-state index is -4.58. The van der Waals surface area contributed by atoms with Gasteiger partial charge in [-0.25, -0.2) is 4.98 Å². The molecule has 3 rings (SSSR count). The Morgan fingerprint density at radius 1 is 1.30 bits per heavy atom. The van der Waals surface area contributed by atoms with Gasteiger partial charge in [-0.15, -0.1) is 0 Å². The first-order valence-corrected chi connectivity index (χ1v) is 9.72. The van der Waals surface area contributed by atoms with E-state index in [1.807, 2.05) is 6.92 Å². The summed E-state index contributed by atoms with van der Waals surface area (Å²) in [6.45, 7) is 3.35. The fraction of sp³-hybridized carbons (Fsp3) is 0.579. The molecule has 0 radical (unpaired) electrons. The van der Waals surface area contributed by atoms with Gasteiger partial charge < -0.3 is 20.9 Å². The Morgan fingerprint density at radius 2 is 1.97 bits per heavy atom. The highest BCUT2D eigenvalue weighted by molar-refractivity contribution is 6.39. The molecule has 1 aromatic heterocycles. The molecular weight excluding hydrogens is 403 g/mol. The molecule has 8 nitrogen and oxygen atoms in total. The lowest BCUT2D eigenvalue weighted by molar-refractivity contribution is -0.201. The fourth-order valence-corrected chi connectivity index (χ4v) is 3.66. The molecule has 0 aromatic carbocycles. The average molecular weight is 427 g/mol. The number of carbonyl (C=O) groups is 3. The maximum atomic E-state index is 13.2. The SMILES string of the molecule is CCc1cc(NC(=O)C(=O)N2CCN(C(=O)C3(C(F)(F)F)CC3)C(C)C2)cnc1N. The lowest BCUT2D eigenvalue weighted by Crippen LogP contribution is -2.59. The largest absolute Gasteiger partial charge is 0.403 e. The monoisotopic (exact) mass is 427 g/mol. The van der Waals surface area contributed by atoms with Crippen molar-refractivity contribution in [2.24, 2.45) is 5.41 Å². The summed E-state index contributed by atoms with van der Waals surface area (Å²) in [5, 5.41) is 2.47. The minimum absolute atomic E-state index is 0.0174. The third kappa shape index (κ3) is 3.92. The molecule has 1 saturated carbocycles. The number of hydrogen-bond acceptors (Lipinski definition) is 5. The van der Waals surface area contributed by atoms with Crippen molar-refractivity contribution in [1.82, 2.24) is 14.8 Å². The third-order valence-corrected chi connectivity index (χ3v) is 5.71. The number of nitrogens with one attached hydrogen (secondary N) is 1. The van der Waals surface area contributed by atoms with E-state index in [2.05, 4.69) is 10.3 Å². The maximum absolute atomic E-state index is 13.2. The second-order valence-electron chi connectivity index (χ2n) is 7.75. The summed E-state index contributed by atoms with van der Waals surface area (Å²) in [6, 6.07) is 0.992. The molecule has 1 atom stereocenters. The first-order valence-electron chi connectivity index (χ1n) is 9.72. The van der Waals surface area contributed by atoms with E-state index >= 15 is 0 Å². The van der Waals surface area contributed by atoms with Crippen LogP contribution in [0.4, 0.5) is 24.7 Å². The second kappa shape index (κ2) is 7.77. The van der Waals surface area contributed by atoms with Crippen LogP contribution < -0.4 is 11.1 Å². The normalized spacial score (nSPS) is 20.6. The summed E-state index contributed by atoms with van der Waals surface area (Å²) in [5.74, 6) is -2.31. The van der Waals surface area contributed by atoms with Crippen LogP contribution in [-0.2, 0) is 20.8 Å². The summed E-state index contributed by atoms with van der Waals surface area (Å²) in [6.07, 6.45) is -3.06. The van der Waals surface area contributed by atoms with Crippen molar-refractivity contribution in [3.63, 3.8) is 0 Å². The first kappa shape index (κ1) is 21.8. The Bertz CT molecular complexity index is 869. The number of alkyl halides is 3. The third-order valence-electron chi connectivity index (χ3n) is 5.71. The number of piperazine rings is 1. The van der Waals surface area contributed by atoms with Crippen LogP contribution in [0.15, 0.2) is 12.3 Å². The van der Waals surface area contributed by atoms with Gasteiger partial charge in [0.05, 0.1) is 11.9 Å². The molecule has 0 bridgehead atoms. The molecule has 3 N–H and O–H groups in total. The number of carbonyl (C=O) groups excluding carboxylic acids is 3. The summed E-state index contributed by atoms with van der Waals surface area (Å²) in [7, 11) is 0. The molecule has 30 heavy (non-hydrogen) atoms. The highest BCUT2D eigenvalue weighted by atomic mass is 19.4. The number of rotatable bonds is 3. The summed E-state index contributed by atoms with van der Waals surface area (Å²) < 4.78 is 39.7. The molecule has 0 spiro atoms. The number of nitrogens with zero attached hydrogens (tertiary/aromatic N) is 3. The molecule has 1 aliphatic heterocycles. The van der Waals surface area contributed by atoms with Gasteiger partial charge in [-0.05, 0) is 37.8 Å². The molecular formula is C19H24F3N5O3. The predicted octanol–water partition coefficient (Wildman–Crippen LogP) is 1.57. The minimum Gasteiger partial charge on any atom is -0.383 e. The Labute approximate surface area is 171 Å². The van der Waals surface area contributed by atoms with Crippen LogP contribution in [0.2, 0.25) is 0 Å². The molecule has 11 heteroatoms. The number of aromatic nitrogens is 1. The van der Waals surface area contributed by atoms with Gasteiger partial charge >= 0.3 is 18.0 Å². The summed E-state index contributed by atoms with van der Waals surface area (Å²) in [5.41, 5.74) is 4.48. The second-order valence-corrected chi connectivity index (χ2v) is 7.75. The highest BCUT2D eigenvalue weighted by Crippen LogP contribution is 2.58. The zero-order valence-corrected chi connectivity index (χ0v) is 16.8. The molecule has 1 aliphatic carbocycles. The smallest absolute Gasteiger partial charge is 0.383 e. The van der Waals surface area contributed by atoms with Crippen LogP contribution in [0.5, 0.6) is 0 Å². The van der Waals surface area contributed by atoms with Crippen LogP contribution in [0, 0.1) is 5.41 Å². The molecule has 164 valence electrons. The quantitative estimate of drug-likeness (QED) is 0.712. The van der Waals surface area contributed by atoms with Gasteiger partial charge in [0.15, 0.2) is 0 Å². The maximum Gasteiger partial charge on any atom is 0.403 e. The fourth-order valence-electron chi connectivity index (χ4n) is 3.66. The van der Waals surface area contributed by atoms with Crippen molar-refractivity contribution >= 4 is 29.2 Å². The highest BCUT2D eigenvalue weighted by Gasteiger charge is 2.69. The zero-order chi connectivity index (χ0) is 22.3. The lowest BCUT2D eigenvalue weighted by Gasteiger charge is -2.41. The van der Waals surface area contributed by atoms with E-state index in [-0.39, 0.29) is 32.5 Å². The first-order chi connectivity index (χ1) is 14.0. The number of nitrogens with two attached hydrogens (primary N) is 1. The van der Waals surface area contributed by atoms with E-state index in [1.165, 1.54) is 16.0 Å². The summed E-state index contributed by atoms with van der Waals surface area (Å²) in [4.78, 5) is 43.7. The van der Waals surface area contributed by atoms with E-state index < -0.39 is 35.4 Å². The molecule has 2 fully saturated rings. The average Bonchev–Trinajstić information content (AvgIpc) is 3.50. The number of halogens is 3. The Morgan fingerprint density at radius 3 is 2.50 bits per heavy atom. The van der Waals surface area contributed by atoms with E-state index in [4.69, 9.17) is 5.73 Å². The van der Waals surface area contributed by atoms with Crippen molar-refractivity contribution in [2.45, 2.75) is 45.3 Å². The molecule has 3 amide bonds. The Kier molecular flexibility index (Phi) is 5.66. The molecule has 2 heterocycles. The van der Waals surface area contributed by atoms with Gasteiger partial charge in [-0.2, -0.15) is 13.2 Å². The van der Waals surface area contributed by atoms with Crippen molar-refractivity contribution in [3.05, 3.63) is 17.8 Å². The number of nitrogen functional groups attached to an aromatic ring is 1. The standard InChI is InChI=1S/C19H24F3N5O3/c1-3-12-8-13(9-24-14(12)23)25-15(28)16(29)26-6-7-27(11(2)10-26)17(30)18(4-5-18)19(20,21)22/h8-9,11H,3-7,10H2,1-2H3,(H2,23,24)(H,25,28). The van der Waals surface area contributed by atoms with Gasteiger partial charge in [0.2, 0.25) is 5.91 Å². The number of pyridine rings is 1. The van der Waals surface area contributed by atoms with Crippen LogP contribution in [0.1, 0.15) is 32.3 Å². The van der Waals surface area contributed by atoms with Crippen molar-refractivity contribution in [1.29, 1.82) is 0 Å². The van der Waals surface area contributed by atoms with E-state index in [0.717, 1.165) is 5.56 Å². The van der Waals surface area contributed by atoms with Crippen LogP contribution in [0.25, 0.3) is 0 Å². The zero-order valence-electron chi connectivity index (χ0n) is 16.8. The van der Waals surface area contributed by atoms with Crippen LogP contribution in [0.3, 0.4) is 0 Å². The van der Waals surface area contributed by atoms with Crippen LogP contribution >= 0.6 is 0 Å². The Hall–Kier alpha value is -2.85. The van der Waals surface area contributed by atoms with Crippen molar-refractivity contribution in [2.75, 3.05) is 30.7 Å². The van der Waals surface area contributed by atoms with Gasteiger partial charge in [-0.1, -0.05) is 6.92 Å². The number of amides is 3. The number of hydrogen-bond donors (Lipinski definition) is 2. The van der Waals surface area contributed by atoms with Crippen molar-refractivity contribution in [3.8, 4) is 0 Å². The van der Waals surface area contributed by atoms with Gasteiger partial charge in [0.1, 0.15) is 11.2 Å². The molecule has 1 aromatic rings. The van der Waals surface area contributed by atoms with E-state index in [0.29, 0.717) is 17.9 Å². The lowest BCUT2D eigenvalue weighted by atomic mass is 10.0. The number of anilines is 2. The summed E-state index contributed by atoms with van der Waals surface area (Å²) >= 11 is 0. The van der Waals surface area contributed by atoms with Crippen LogP contribution in [-0.4, -0.2) is 64.4 Å². The topological polar surface area (TPSA) is 109 Å². The Balaban J connectivity index is 1.61. The van der Waals surface area contributed by atoms with E-state index in [1.54, 1.807) is 13.0 Å². The van der Waals surface area contributed by atoms with Gasteiger partial charge in [0, 0.05) is 25.7 Å². The van der Waals surface area contributed by atoms with Crippen molar-refractivity contribution < 1.29 is 27.6 Å². The number of aryl methyl sites for hydroxylation is 1. The predicted molar refractivity (Wildman–Crippen MR) is 102 cm³/mol. The van der Waals surface area contributed by atoms with E-state index in [9.17, 15) is 27.6 Å². The molecule has 2 aliphatic rings. The molecule has 1 unspecified atom stereocenters. The van der Waals surface area contributed by atoms with Gasteiger partial charge in [0.25, 0.3) is 0 Å². The molecule has 1 saturated heterocycles. The van der Waals surface area contributed by atoms with Gasteiger partial charge in [-0.3, -0.25) is 14.4 Å².